The Morgan fingerprint density at radius 3 is 2.31 bits per heavy atom. The molecule has 0 heterocycles. The third kappa shape index (κ3) is 3.50. The molecule has 90 valence electrons. The Balaban J connectivity index is 0.00000128. The molecule has 0 spiro atoms. The van der Waals surface area contributed by atoms with Crippen molar-refractivity contribution in [2.24, 2.45) is 5.41 Å². The van der Waals surface area contributed by atoms with E-state index in [4.69, 9.17) is 0 Å². The van der Waals surface area contributed by atoms with Crippen molar-refractivity contribution < 1.29 is 0 Å². The van der Waals surface area contributed by atoms with Crippen LogP contribution < -0.4 is 5.32 Å². The molecule has 0 bridgehead atoms. The lowest BCUT2D eigenvalue weighted by molar-refractivity contribution is 0.156. The first kappa shape index (κ1) is 13.5. The van der Waals surface area contributed by atoms with Gasteiger partial charge in [-0.1, -0.05) is 43.2 Å². The summed E-state index contributed by atoms with van der Waals surface area (Å²) in [5, 5.41) is 3.56. The number of hydrogen-bond acceptors (Lipinski definition) is 1. The molecule has 1 fully saturated rings. The second kappa shape index (κ2) is 5.70. The van der Waals surface area contributed by atoms with E-state index in [1.807, 2.05) is 0 Å². The number of rotatable bonds is 4. The molecule has 0 aliphatic heterocycles. The van der Waals surface area contributed by atoms with Crippen LogP contribution in [-0.2, 0) is 6.54 Å². The molecular formula is C14H22ClN. The number of halogens is 1. The molecule has 0 radical (unpaired) electrons. The minimum absolute atomic E-state index is 0. The van der Waals surface area contributed by atoms with Gasteiger partial charge in [0, 0.05) is 13.1 Å². The lowest BCUT2D eigenvalue weighted by atomic mass is 9.70. The Morgan fingerprint density at radius 2 is 1.81 bits per heavy atom. The molecule has 16 heavy (non-hydrogen) atoms. The molecule has 1 saturated carbocycles. The lowest BCUT2D eigenvalue weighted by Crippen LogP contribution is -2.36. The normalized spacial score (nSPS) is 17.4. The molecule has 1 aliphatic rings. The summed E-state index contributed by atoms with van der Waals surface area (Å²) in [6.45, 7) is 6.70. The number of nitrogens with one attached hydrogen (secondary N) is 1. The Bertz CT molecular complexity index is 314. The molecular weight excluding hydrogens is 218 g/mol. The highest BCUT2D eigenvalue weighted by Crippen LogP contribution is 2.39. The average molecular weight is 240 g/mol. The highest BCUT2D eigenvalue weighted by atomic mass is 35.5. The predicted molar refractivity (Wildman–Crippen MR) is 72.1 cm³/mol. The SMILES string of the molecule is Cc1ccc(CNCC2(C)CCC2)cc1.Cl. The molecule has 0 atom stereocenters. The van der Waals surface area contributed by atoms with Crippen LogP contribution in [0.2, 0.25) is 0 Å². The van der Waals surface area contributed by atoms with E-state index in [2.05, 4.69) is 43.4 Å². The predicted octanol–water partition coefficient (Wildman–Crippen LogP) is 3.70. The molecule has 1 N–H and O–H groups in total. The van der Waals surface area contributed by atoms with Crippen LogP contribution in [0, 0.1) is 12.3 Å². The largest absolute Gasteiger partial charge is 0.312 e. The first-order valence-electron chi connectivity index (χ1n) is 5.94. The summed E-state index contributed by atoms with van der Waals surface area (Å²) in [6, 6.07) is 8.79. The second-order valence-electron chi connectivity index (χ2n) is 5.25. The van der Waals surface area contributed by atoms with E-state index < -0.39 is 0 Å². The Kier molecular flexibility index (Phi) is 4.82. The summed E-state index contributed by atoms with van der Waals surface area (Å²) >= 11 is 0. The zero-order valence-electron chi connectivity index (χ0n) is 10.3. The molecule has 0 aromatic heterocycles. The summed E-state index contributed by atoms with van der Waals surface area (Å²) in [6.07, 6.45) is 4.21. The molecule has 2 rings (SSSR count). The molecule has 0 saturated heterocycles. The second-order valence-corrected chi connectivity index (χ2v) is 5.25. The van der Waals surface area contributed by atoms with Gasteiger partial charge in [-0.05, 0) is 30.7 Å². The number of hydrogen-bond donors (Lipinski definition) is 1. The van der Waals surface area contributed by atoms with Crippen molar-refractivity contribution in [3.8, 4) is 0 Å². The van der Waals surface area contributed by atoms with Gasteiger partial charge in [0.15, 0.2) is 0 Å². The number of aryl methyl sites for hydroxylation is 1. The quantitative estimate of drug-likeness (QED) is 0.845. The first-order valence-corrected chi connectivity index (χ1v) is 5.94. The van der Waals surface area contributed by atoms with Gasteiger partial charge in [-0.3, -0.25) is 0 Å². The van der Waals surface area contributed by atoms with E-state index in [9.17, 15) is 0 Å². The smallest absolute Gasteiger partial charge is 0.0205 e. The monoisotopic (exact) mass is 239 g/mol. The minimum atomic E-state index is 0. The van der Waals surface area contributed by atoms with E-state index in [-0.39, 0.29) is 12.4 Å². The van der Waals surface area contributed by atoms with Crippen molar-refractivity contribution in [1.29, 1.82) is 0 Å². The van der Waals surface area contributed by atoms with Crippen molar-refractivity contribution in [2.75, 3.05) is 6.54 Å². The van der Waals surface area contributed by atoms with E-state index in [1.165, 1.54) is 36.9 Å². The van der Waals surface area contributed by atoms with Crippen LogP contribution in [0.25, 0.3) is 0 Å². The van der Waals surface area contributed by atoms with Crippen LogP contribution in [0.5, 0.6) is 0 Å². The van der Waals surface area contributed by atoms with Gasteiger partial charge in [-0.2, -0.15) is 0 Å². The van der Waals surface area contributed by atoms with Crippen LogP contribution >= 0.6 is 12.4 Å². The van der Waals surface area contributed by atoms with Crippen LogP contribution in [0.1, 0.15) is 37.3 Å². The van der Waals surface area contributed by atoms with Gasteiger partial charge < -0.3 is 5.32 Å². The molecule has 1 aromatic carbocycles. The molecule has 1 nitrogen and oxygen atoms in total. The maximum atomic E-state index is 3.56. The van der Waals surface area contributed by atoms with Crippen molar-refractivity contribution >= 4 is 12.4 Å². The standard InChI is InChI=1S/C14H21N.ClH/c1-12-4-6-13(7-5-12)10-15-11-14(2)8-3-9-14;/h4-7,15H,3,8-11H2,1-2H3;1H. The summed E-state index contributed by atoms with van der Waals surface area (Å²) < 4.78 is 0. The van der Waals surface area contributed by atoms with Crippen molar-refractivity contribution in [1.82, 2.24) is 5.32 Å². The van der Waals surface area contributed by atoms with E-state index in [1.54, 1.807) is 0 Å². The third-order valence-corrected chi connectivity index (χ3v) is 3.56. The maximum Gasteiger partial charge on any atom is 0.0205 e. The first-order chi connectivity index (χ1) is 7.18. The minimum Gasteiger partial charge on any atom is -0.312 e. The van der Waals surface area contributed by atoms with Gasteiger partial charge in [0.05, 0.1) is 0 Å². The van der Waals surface area contributed by atoms with E-state index >= 15 is 0 Å². The summed E-state index contributed by atoms with van der Waals surface area (Å²) in [4.78, 5) is 0. The number of benzene rings is 1. The molecule has 0 amide bonds. The van der Waals surface area contributed by atoms with E-state index in [0.29, 0.717) is 5.41 Å². The Hall–Kier alpha value is -0.530. The van der Waals surface area contributed by atoms with Gasteiger partial charge in [-0.15, -0.1) is 12.4 Å². The topological polar surface area (TPSA) is 12.0 Å². The van der Waals surface area contributed by atoms with Crippen molar-refractivity contribution in [3.05, 3.63) is 35.4 Å². The highest BCUT2D eigenvalue weighted by Gasteiger charge is 2.30. The van der Waals surface area contributed by atoms with Gasteiger partial charge >= 0.3 is 0 Å². The summed E-state index contributed by atoms with van der Waals surface area (Å²) in [5.41, 5.74) is 3.32. The third-order valence-electron chi connectivity index (χ3n) is 3.56. The lowest BCUT2D eigenvalue weighted by Gasteiger charge is -2.38. The molecule has 0 unspecified atom stereocenters. The Morgan fingerprint density at radius 1 is 1.19 bits per heavy atom. The fourth-order valence-electron chi connectivity index (χ4n) is 2.17. The molecule has 1 aromatic rings. The fourth-order valence-corrected chi connectivity index (χ4v) is 2.17. The van der Waals surface area contributed by atoms with Gasteiger partial charge in [0.25, 0.3) is 0 Å². The van der Waals surface area contributed by atoms with Gasteiger partial charge in [-0.25, -0.2) is 0 Å². The van der Waals surface area contributed by atoms with Gasteiger partial charge in [0.2, 0.25) is 0 Å². The summed E-state index contributed by atoms with van der Waals surface area (Å²) in [5.74, 6) is 0. The average Bonchev–Trinajstić information content (AvgIpc) is 2.19. The zero-order valence-corrected chi connectivity index (χ0v) is 11.1. The Labute approximate surface area is 105 Å². The van der Waals surface area contributed by atoms with E-state index in [0.717, 1.165) is 6.54 Å². The van der Waals surface area contributed by atoms with Crippen molar-refractivity contribution in [3.63, 3.8) is 0 Å². The van der Waals surface area contributed by atoms with Crippen LogP contribution in [0.3, 0.4) is 0 Å². The van der Waals surface area contributed by atoms with Crippen molar-refractivity contribution in [2.45, 2.75) is 39.7 Å². The summed E-state index contributed by atoms with van der Waals surface area (Å²) in [7, 11) is 0. The highest BCUT2D eigenvalue weighted by molar-refractivity contribution is 5.85. The van der Waals surface area contributed by atoms with Gasteiger partial charge in [0.1, 0.15) is 0 Å². The van der Waals surface area contributed by atoms with Crippen LogP contribution in [0.4, 0.5) is 0 Å². The maximum absolute atomic E-state index is 3.56. The fraction of sp³-hybridized carbons (Fsp3) is 0.571. The zero-order chi connectivity index (χ0) is 10.7. The van der Waals surface area contributed by atoms with Crippen LogP contribution in [-0.4, -0.2) is 6.54 Å². The molecule has 1 aliphatic carbocycles. The van der Waals surface area contributed by atoms with Crippen LogP contribution in [0.15, 0.2) is 24.3 Å². The molecule has 2 heteroatoms.